The van der Waals surface area contributed by atoms with Crippen LogP contribution in [0.5, 0.6) is 5.75 Å². The number of fused-ring (bicyclic) bond motifs is 1. The largest absolute Gasteiger partial charge is 0.426 e. The fourth-order valence-electron chi connectivity index (χ4n) is 4.30. The number of nitrogens with one attached hydrogen (secondary N) is 1. The summed E-state index contributed by atoms with van der Waals surface area (Å²) in [6.07, 6.45) is 0.646. The summed E-state index contributed by atoms with van der Waals surface area (Å²) >= 11 is 0. The molecule has 0 radical (unpaired) electrons. The van der Waals surface area contributed by atoms with E-state index in [0.29, 0.717) is 18.4 Å². The van der Waals surface area contributed by atoms with Crippen molar-refractivity contribution in [2.24, 2.45) is 0 Å². The second kappa shape index (κ2) is 11.4. The summed E-state index contributed by atoms with van der Waals surface area (Å²) in [6, 6.07) is 34.8. The van der Waals surface area contributed by atoms with Crippen molar-refractivity contribution in [2.45, 2.75) is 12.3 Å². The highest BCUT2D eigenvalue weighted by Crippen LogP contribution is 2.28. The Morgan fingerprint density at radius 3 is 2.00 bits per heavy atom. The van der Waals surface area contributed by atoms with Crippen LogP contribution in [-0.4, -0.2) is 18.4 Å². The van der Waals surface area contributed by atoms with Crippen molar-refractivity contribution in [3.8, 4) is 5.75 Å². The van der Waals surface area contributed by atoms with Crippen LogP contribution in [0.25, 0.3) is 11.0 Å². The van der Waals surface area contributed by atoms with Crippen LogP contribution in [0, 0.1) is 0 Å². The third-order valence-electron chi connectivity index (χ3n) is 6.21. The first kappa shape index (κ1) is 24.7. The third-order valence-corrected chi connectivity index (χ3v) is 6.21. The number of carbonyl (C=O) groups excluding carboxylic acids is 2. The van der Waals surface area contributed by atoms with Gasteiger partial charge in [0, 0.05) is 18.0 Å². The van der Waals surface area contributed by atoms with Crippen molar-refractivity contribution in [3.63, 3.8) is 0 Å². The Kier molecular flexibility index (Phi) is 7.41. The fourth-order valence-corrected chi connectivity index (χ4v) is 4.30. The Balaban J connectivity index is 1.33. The molecule has 0 aliphatic carbocycles. The average Bonchev–Trinajstić information content (AvgIpc) is 2.94. The molecule has 1 N–H and O–H groups in total. The number of benzene rings is 4. The molecule has 0 bridgehead atoms. The number of carbonyl (C=O) groups is 2. The Bertz CT molecular complexity index is 1570. The summed E-state index contributed by atoms with van der Waals surface area (Å²) in [7, 11) is 0. The molecule has 0 atom stereocenters. The molecule has 0 saturated carbocycles. The Hall–Kier alpha value is -4.97. The van der Waals surface area contributed by atoms with Crippen LogP contribution in [0.15, 0.2) is 124 Å². The van der Waals surface area contributed by atoms with Gasteiger partial charge < -0.3 is 14.5 Å². The molecule has 0 aliphatic heterocycles. The molecule has 5 rings (SSSR count). The van der Waals surface area contributed by atoms with E-state index in [9.17, 15) is 14.4 Å². The maximum Gasteiger partial charge on any atom is 0.349 e. The van der Waals surface area contributed by atoms with Gasteiger partial charge in [0.15, 0.2) is 0 Å². The molecule has 4 aromatic carbocycles. The molecule has 1 aromatic heterocycles. The van der Waals surface area contributed by atoms with Crippen molar-refractivity contribution in [1.82, 2.24) is 5.32 Å². The summed E-state index contributed by atoms with van der Waals surface area (Å²) in [5, 5.41) is 3.31. The first-order valence-corrected chi connectivity index (χ1v) is 12.3. The van der Waals surface area contributed by atoms with E-state index in [1.807, 2.05) is 91.0 Å². The lowest BCUT2D eigenvalue weighted by Crippen LogP contribution is -2.29. The van der Waals surface area contributed by atoms with E-state index in [4.69, 9.17) is 9.15 Å². The highest BCUT2D eigenvalue weighted by molar-refractivity contribution is 5.96. The minimum Gasteiger partial charge on any atom is -0.426 e. The van der Waals surface area contributed by atoms with E-state index in [2.05, 4.69) is 5.32 Å². The summed E-state index contributed by atoms with van der Waals surface area (Å²) in [4.78, 5) is 38.5. The van der Waals surface area contributed by atoms with Crippen LogP contribution in [0.2, 0.25) is 0 Å². The molecular weight excluding hydrogens is 478 g/mol. The van der Waals surface area contributed by atoms with E-state index in [1.165, 1.54) is 12.1 Å². The zero-order valence-corrected chi connectivity index (χ0v) is 20.5. The van der Waals surface area contributed by atoms with Crippen molar-refractivity contribution < 1.29 is 18.7 Å². The van der Waals surface area contributed by atoms with Gasteiger partial charge in [0.1, 0.15) is 22.8 Å². The van der Waals surface area contributed by atoms with E-state index < -0.39 is 23.4 Å². The molecule has 188 valence electrons. The molecule has 0 saturated heterocycles. The summed E-state index contributed by atoms with van der Waals surface area (Å²) < 4.78 is 11.1. The topological polar surface area (TPSA) is 85.6 Å². The average molecular weight is 504 g/mol. The van der Waals surface area contributed by atoms with Gasteiger partial charge in [-0.05, 0) is 41.3 Å². The number of rotatable bonds is 8. The molecule has 6 nitrogen and oxygen atoms in total. The zero-order chi connectivity index (χ0) is 26.3. The minimum atomic E-state index is -0.760. The van der Waals surface area contributed by atoms with Gasteiger partial charge in [-0.15, -0.1) is 0 Å². The van der Waals surface area contributed by atoms with E-state index in [0.717, 1.165) is 16.7 Å². The maximum absolute atomic E-state index is 13.3. The molecule has 0 unspecified atom stereocenters. The minimum absolute atomic E-state index is 0.0801. The predicted molar refractivity (Wildman–Crippen MR) is 145 cm³/mol. The first-order valence-electron chi connectivity index (χ1n) is 12.3. The van der Waals surface area contributed by atoms with Gasteiger partial charge in [-0.3, -0.25) is 9.59 Å². The smallest absolute Gasteiger partial charge is 0.349 e. The standard InChI is InChI=1S/C32H25NO5/c34-30(33-19-18-22-10-4-1-5-11-22)27-20-25-16-17-26(21-28(25)38-31(27)35)37-32(36)29(23-12-6-2-7-13-23)24-14-8-3-9-15-24/h1-17,20-21,29H,18-19H2,(H,33,34). The second-order valence-electron chi connectivity index (χ2n) is 8.81. The van der Waals surface area contributed by atoms with Crippen LogP contribution in [-0.2, 0) is 11.2 Å². The number of hydrogen-bond acceptors (Lipinski definition) is 5. The van der Waals surface area contributed by atoms with Gasteiger partial charge in [-0.25, -0.2) is 4.79 Å². The monoisotopic (exact) mass is 503 g/mol. The predicted octanol–water partition coefficient (Wildman–Crippen LogP) is 5.50. The summed E-state index contributed by atoms with van der Waals surface area (Å²) in [5.41, 5.74) is 2.07. The third kappa shape index (κ3) is 5.71. The Morgan fingerprint density at radius 2 is 1.37 bits per heavy atom. The quantitative estimate of drug-likeness (QED) is 0.172. The van der Waals surface area contributed by atoms with E-state index in [-0.39, 0.29) is 16.9 Å². The molecule has 1 amide bonds. The SMILES string of the molecule is O=C(NCCc1ccccc1)c1cc2ccc(OC(=O)C(c3ccccc3)c3ccccc3)cc2oc1=O. The molecular formula is C32H25NO5. The van der Waals surface area contributed by atoms with Crippen LogP contribution in [0.1, 0.15) is 33.0 Å². The van der Waals surface area contributed by atoms with Crippen LogP contribution in [0.4, 0.5) is 0 Å². The normalized spacial score (nSPS) is 10.9. The van der Waals surface area contributed by atoms with Crippen molar-refractivity contribution in [3.05, 3.63) is 148 Å². The highest BCUT2D eigenvalue weighted by Gasteiger charge is 2.25. The Morgan fingerprint density at radius 1 is 0.763 bits per heavy atom. The van der Waals surface area contributed by atoms with E-state index >= 15 is 0 Å². The molecule has 0 spiro atoms. The van der Waals surface area contributed by atoms with Gasteiger partial charge in [-0.2, -0.15) is 0 Å². The molecule has 38 heavy (non-hydrogen) atoms. The van der Waals surface area contributed by atoms with Crippen molar-refractivity contribution >= 4 is 22.8 Å². The zero-order valence-electron chi connectivity index (χ0n) is 20.5. The van der Waals surface area contributed by atoms with Crippen LogP contribution < -0.4 is 15.7 Å². The lowest BCUT2D eigenvalue weighted by molar-refractivity contribution is -0.135. The first-order chi connectivity index (χ1) is 18.6. The fraction of sp³-hybridized carbons (Fsp3) is 0.0938. The van der Waals surface area contributed by atoms with E-state index in [1.54, 1.807) is 12.1 Å². The maximum atomic E-state index is 13.3. The van der Waals surface area contributed by atoms with Gasteiger partial charge in [0.05, 0.1) is 0 Å². The molecule has 1 heterocycles. The lowest BCUT2D eigenvalue weighted by atomic mass is 9.91. The van der Waals surface area contributed by atoms with Crippen LogP contribution in [0.3, 0.4) is 0 Å². The summed E-state index contributed by atoms with van der Waals surface area (Å²) in [6.45, 7) is 0.388. The van der Waals surface area contributed by atoms with Gasteiger partial charge in [-0.1, -0.05) is 91.0 Å². The molecule has 6 heteroatoms. The van der Waals surface area contributed by atoms with Crippen molar-refractivity contribution in [1.29, 1.82) is 0 Å². The van der Waals surface area contributed by atoms with Gasteiger partial charge in [0.2, 0.25) is 0 Å². The van der Waals surface area contributed by atoms with Crippen LogP contribution >= 0.6 is 0 Å². The lowest BCUT2D eigenvalue weighted by Gasteiger charge is -2.17. The van der Waals surface area contributed by atoms with Crippen molar-refractivity contribution in [2.75, 3.05) is 6.54 Å². The second-order valence-corrected chi connectivity index (χ2v) is 8.81. The summed E-state index contributed by atoms with van der Waals surface area (Å²) in [5.74, 6) is -1.34. The van der Waals surface area contributed by atoms with Gasteiger partial charge in [0.25, 0.3) is 5.91 Å². The number of amides is 1. The molecule has 0 aliphatic rings. The van der Waals surface area contributed by atoms with Gasteiger partial charge >= 0.3 is 11.6 Å². The molecule has 5 aromatic rings. The molecule has 0 fully saturated rings. The highest BCUT2D eigenvalue weighted by atomic mass is 16.5. The number of ether oxygens (including phenoxy) is 1. The Labute approximate surface area is 219 Å². The number of hydrogen-bond donors (Lipinski definition) is 1. The number of esters is 1.